The van der Waals surface area contributed by atoms with Gasteiger partial charge in [-0.3, -0.25) is 14.6 Å². The van der Waals surface area contributed by atoms with E-state index in [4.69, 9.17) is 0 Å². The summed E-state index contributed by atoms with van der Waals surface area (Å²) in [7, 11) is 0. The van der Waals surface area contributed by atoms with Crippen LogP contribution in [-0.4, -0.2) is 23.3 Å². The van der Waals surface area contributed by atoms with Gasteiger partial charge in [-0.2, -0.15) is 0 Å². The molecule has 2 heterocycles. The molecular formula is C22H18FN3O2. The molecule has 0 saturated heterocycles. The Morgan fingerprint density at radius 2 is 1.71 bits per heavy atom. The lowest BCUT2D eigenvalue weighted by atomic mass is 9.98. The van der Waals surface area contributed by atoms with Gasteiger partial charge in [-0.25, -0.2) is 4.39 Å². The Labute approximate surface area is 161 Å². The maximum Gasteiger partial charge on any atom is 0.258 e. The van der Waals surface area contributed by atoms with Crippen molar-refractivity contribution in [3.05, 3.63) is 89.5 Å². The molecule has 0 bridgehead atoms. The highest BCUT2D eigenvalue weighted by Gasteiger charge is 2.25. The Bertz CT molecular complexity index is 1020. The largest absolute Gasteiger partial charge is 0.322 e. The third kappa shape index (κ3) is 3.49. The van der Waals surface area contributed by atoms with Gasteiger partial charge in [-0.05, 0) is 66.9 Å². The first-order chi connectivity index (χ1) is 13.6. The molecule has 2 aromatic carbocycles. The van der Waals surface area contributed by atoms with Gasteiger partial charge in [0.05, 0.1) is 0 Å². The Kier molecular flexibility index (Phi) is 4.85. The van der Waals surface area contributed by atoms with Crippen molar-refractivity contribution in [2.24, 2.45) is 0 Å². The number of carbonyl (C=O) groups is 2. The van der Waals surface area contributed by atoms with Crippen molar-refractivity contribution in [1.82, 2.24) is 4.98 Å². The molecule has 0 fully saturated rings. The number of anilines is 2. The maximum absolute atomic E-state index is 13.1. The number of amides is 2. The average Bonchev–Trinajstić information content (AvgIpc) is 2.74. The van der Waals surface area contributed by atoms with Crippen molar-refractivity contribution < 1.29 is 14.0 Å². The molecule has 0 aliphatic carbocycles. The van der Waals surface area contributed by atoms with E-state index in [1.54, 1.807) is 29.4 Å². The SMILES string of the molecule is O=C(Nc1cccc2c1CCCN2C(=O)c1ccncc1)c1ccc(F)cc1. The lowest BCUT2D eigenvalue weighted by Crippen LogP contribution is -2.35. The van der Waals surface area contributed by atoms with Gasteiger partial charge in [0.15, 0.2) is 0 Å². The van der Waals surface area contributed by atoms with E-state index in [1.165, 1.54) is 24.3 Å². The van der Waals surface area contributed by atoms with Gasteiger partial charge in [0, 0.05) is 41.4 Å². The lowest BCUT2D eigenvalue weighted by Gasteiger charge is -2.31. The molecule has 1 N–H and O–H groups in total. The summed E-state index contributed by atoms with van der Waals surface area (Å²) in [5, 5.41) is 2.90. The van der Waals surface area contributed by atoms with Gasteiger partial charge in [0.2, 0.25) is 0 Å². The van der Waals surface area contributed by atoms with Crippen LogP contribution in [-0.2, 0) is 6.42 Å². The monoisotopic (exact) mass is 375 g/mol. The highest BCUT2D eigenvalue weighted by Crippen LogP contribution is 2.34. The normalized spacial score (nSPS) is 13.0. The first-order valence-corrected chi connectivity index (χ1v) is 9.04. The number of rotatable bonds is 3. The lowest BCUT2D eigenvalue weighted by molar-refractivity contribution is 0.0984. The van der Waals surface area contributed by atoms with Crippen molar-refractivity contribution in [2.45, 2.75) is 12.8 Å². The van der Waals surface area contributed by atoms with E-state index < -0.39 is 0 Å². The van der Waals surface area contributed by atoms with Crippen LogP contribution in [0, 0.1) is 5.82 Å². The number of hydrogen-bond donors (Lipinski definition) is 1. The number of fused-ring (bicyclic) bond motifs is 1. The number of carbonyl (C=O) groups excluding carboxylic acids is 2. The van der Waals surface area contributed by atoms with Crippen molar-refractivity contribution >= 4 is 23.2 Å². The summed E-state index contributed by atoms with van der Waals surface area (Å²) >= 11 is 0. The first-order valence-electron chi connectivity index (χ1n) is 9.04. The van der Waals surface area contributed by atoms with Crippen LogP contribution in [0.4, 0.5) is 15.8 Å². The summed E-state index contributed by atoms with van der Waals surface area (Å²) < 4.78 is 13.1. The molecule has 0 unspecified atom stereocenters. The van der Waals surface area contributed by atoms with E-state index in [-0.39, 0.29) is 17.6 Å². The number of pyridine rings is 1. The fraction of sp³-hybridized carbons (Fsp3) is 0.136. The second kappa shape index (κ2) is 7.60. The molecular weight excluding hydrogens is 357 g/mol. The summed E-state index contributed by atoms with van der Waals surface area (Å²) in [5.74, 6) is -0.796. The van der Waals surface area contributed by atoms with Crippen LogP contribution in [0.25, 0.3) is 0 Å². The quantitative estimate of drug-likeness (QED) is 0.751. The molecule has 0 atom stereocenters. The summed E-state index contributed by atoms with van der Waals surface area (Å²) in [6.45, 7) is 0.615. The van der Waals surface area contributed by atoms with E-state index in [0.717, 1.165) is 24.1 Å². The number of nitrogens with one attached hydrogen (secondary N) is 1. The van der Waals surface area contributed by atoms with Crippen LogP contribution >= 0.6 is 0 Å². The van der Waals surface area contributed by atoms with Crippen molar-refractivity contribution in [2.75, 3.05) is 16.8 Å². The minimum Gasteiger partial charge on any atom is -0.322 e. The van der Waals surface area contributed by atoms with Crippen LogP contribution in [0.2, 0.25) is 0 Å². The predicted octanol–water partition coefficient (Wildman–Crippen LogP) is 4.07. The summed E-state index contributed by atoms with van der Waals surface area (Å²) in [5.41, 5.74) is 3.33. The first kappa shape index (κ1) is 17.9. The van der Waals surface area contributed by atoms with E-state index >= 15 is 0 Å². The third-order valence-electron chi connectivity index (χ3n) is 4.78. The Morgan fingerprint density at radius 1 is 0.964 bits per heavy atom. The van der Waals surface area contributed by atoms with Gasteiger partial charge in [-0.1, -0.05) is 6.07 Å². The van der Waals surface area contributed by atoms with Crippen LogP contribution in [0.1, 0.15) is 32.7 Å². The topological polar surface area (TPSA) is 62.3 Å². The van der Waals surface area contributed by atoms with Crippen molar-refractivity contribution in [3.8, 4) is 0 Å². The maximum atomic E-state index is 13.1. The highest BCUT2D eigenvalue weighted by atomic mass is 19.1. The number of hydrogen-bond acceptors (Lipinski definition) is 3. The van der Waals surface area contributed by atoms with Crippen LogP contribution in [0.15, 0.2) is 67.0 Å². The van der Waals surface area contributed by atoms with Crippen LogP contribution in [0.5, 0.6) is 0 Å². The van der Waals surface area contributed by atoms with Crippen molar-refractivity contribution in [1.29, 1.82) is 0 Å². The number of nitrogens with zero attached hydrogens (tertiary/aromatic N) is 2. The van der Waals surface area contributed by atoms with E-state index in [2.05, 4.69) is 10.3 Å². The van der Waals surface area contributed by atoms with Crippen LogP contribution < -0.4 is 10.2 Å². The van der Waals surface area contributed by atoms with E-state index in [0.29, 0.717) is 23.4 Å². The standard InChI is InChI=1S/C22H18FN3O2/c23-17-8-6-15(7-9-17)21(27)25-19-4-1-5-20-18(19)3-2-14-26(20)22(28)16-10-12-24-13-11-16/h1,4-13H,2-3,14H2,(H,25,27). The smallest absolute Gasteiger partial charge is 0.258 e. The number of halogens is 1. The zero-order chi connectivity index (χ0) is 19.5. The molecule has 1 aromatic heterocycles. The molecule has 5 nitrogen and oxygen atoms in total. The fourth-order valence-corrected chi connectivity index (χ4v) is 3.40. The Hall–Kier alpha value is -3.54. The zero-order valence-electron chi connectivity index (χ0n) is 15.1. The fourth-order valence-electron chi connectivity index (χ4n) is 3.40. The molecule has 140 valence electrons. The van der Waals surface area contributed by atoms with Gasteiger partial charge in [-0.15, -0.1) is 0 Å². The molecule has 6 heteroatoms. The molecule has 2 amide bonds. The van der Waals surface area contributed by atoms with Crippen LogP contribution in [0.3, 0.4) is 0 Å². The predicted molar refractivity (Wildman–Crippen MR) is 105 cm³/mol. The summed E-state index contributed by atoms with van der Waals surface area (Å²) in [6.07, 6.45) is 4.75. The third-order valence-corrected chi connectivity index (χ3v) is 4.78. The molecule has 4 rings (SSSR count). The summed E-state index contributed by atoms with van der Waals surface area (Å²) in [6, 6.07) is 14.3. The number of aromatic nitrogens is 1. The molecule has 1 aliphatic heterocycles. The molecule has 0 radical (unpaired) electrons. The minimum absolute atomic E-state index is 0.0923. The molecule has 28 heavy (non-hydrogen) atoms. The van der Waals surface area contributed by atoms with Gasteiger partial charge >= 0.3 is 0 Å². The molecule has 0 spiro atoms. The second-order valence-electron chi connectivity index (χ2n) is 6.56. The molecule has 1 aliphatic rings. The van der Waals surface area contributed by atoms with Gasteiger partial charge in [0.25, 0.3) is 11.8 Å². The number of benzene rings is 2. The molecule has 3 aromatic rings. The summed E-state index contributed by atoms with van der Waals surface area (Å²) in [4.78, 5) is 31.1. The zero-order valence-corrected chi connectivity index (χ0v) is 15.1. The second-order valence-corrected chi connectivity index (χ2v) is 6.56. The Balaban J connectivity index is 1.63. The van der Waals surface area contributed by atoms with Crippen molar-refractivity contribution in [3.63, 3.8) is 0 Å². The van der Waals surface area contributed by atoms with E-state index in [9.17, 15) is 14.0 Å². The highest BCUT2D eigenvalue weighted by molar-refractivity contribution is 6.08. The van der Waals surface area contributed by atoms with Gasteiger partial charge in [0.1, 0.15) is 5.82 Å². The minimum atomic E-state index is -0.390. The van der Waals surface area contributed by atoms with E-state index in [1.807, 2.05) is 18.2 Å². The van der Waals surface area contributed by atoms with Gasteiger partial charge < -0.3 is 10.2 Å². The Morgan fingerprint density at radius 3 is 2.46 bits per heavy atom. The average molecular weight is 375 g/mol. The molecule has 0 saturated carbocycles.